The number of halogens is 1. The third kappa shape index (κ3) is 3.11. The number of carboxylic acids is 1. The molecule has 2 aromatic heterocycles. The molecule has 0 bridgehead atoms. The lowest BCUT2D eigenvalue weighted by Crippen LogP contribution is -2.28. The molecule has 1 amide bonds. The molecule has 2 rings (SSSR count). The van der Waals surface area contributed by atoms with Gasteiger partial charge in [0.25, 0.3) is 5.91 Å². The number of amides is 1. The molecule has 2 aromatic rings. The molecule has 0 aliphatic heterocycles. The van der Waals surface area contributed by atoms with Crippen molar-refractivity contribution in [3.05, 3.63) is 34.4 Å². The first kappa shape index (κ1) is 16.0. The first-order valence-electron chi connectivity index (χ1n) is 6.57. The Hall–Kier alpha value is -2.35. The molecular weight excluding hydrogens is 310 g/mol. The maximum Gasteiger partial charge on any atom is 0.339 e. The molecule has 0 saturated heterocycles. The number of aromatic carboxylic acids is 1. The molecule has 9 heteroatoms. The summed E-state index contributed by atoms with van der Waals surface area (Å²) in [7, 11) is 3.10. The van der Waals surface area contributed by atoms with Gasteiger partial charge in [-0.2, -0.15) is 10.2 Å². The van der Waals surface area contributed by atoms with Gasteiger partial charge in [0.1, 0.15) is 11.3 Å². The van der Waals surface area contributed by atoms with Gasteiger partial charge in [0.15, 0.2) is 5.69 Å². The first-order valence-corrected chi connectivity index (χ1v) is 6.95. The van der Waals surface area contributed by atoms with Crippen LogP contribution in [0.25, 0.3) is 0 Å². The van der Waals surface area contributed by atoms with Crippen LogP contribution in [0.15, 0.2) is 12.4 Å². The molecule has 0 spiro atoms. The monoisotopic (exact) mass is 325 g/mol. The smallest absolute Gasteiger partial charge is 0.339 e. The van der Waals surface area contributed by atoms with E-state index in [1.54, 1.807) is 25.0 Å². The molecule has 0 saturated carbocycles. The van der Waals surface area contributed by atoms with Gasteiger partial charge in [-0.05, 0) is 6.92 Å². The maximum absolute atomic E-state index is 12.4. The summed E-state index contributed by atoms with van der Waals surface area (Å²) in [5.41, 5.74) is 0.306. The molecule has 0 aliphatic carbocycles. The fourth-order valence-electron chi connectivity index (χ4n) is 1.99. The van der Waals surface area contributed by atoms with E-state index in [-0.39, 0.29) is 17.8 Å². The van der Waals surface area contributed by atoms with Crippen LogP contribution in [0.1, 0.15) is 33.5 Å². The van der Waals surface area contributed by atoms with E-state index in [1.807, 2.05) is 6.92 Å². The van der Waals surface area contributed by atoms with Crippen molar-refractivity contribution in [1.82, 2.24) is 24.5 Å². The average Bonchev–Trinajstić information content (AvgIpc) is 3.01. The van der Waals surface area contributed by atoms with Crippen LogP contribution in [0.3, 0.4) is 0 Å². The van der Waals surface area contributed by atoms with Gasteiger partial charge in [-0.1, -0.05) is 11.6 Å². The molecule has 0 fully saturated rings. The Labute approximate surface area is 131 Å². The van der Waals surface area contributed by atoms with Crippen molar-refractivity contribution in [3.63, 3.8) is 0 Å². The predicted octanol–water partition coefficient (Wildman–Crippen LogP) is 1.26. The zero-order valence-corrected chi connectivity index (χ0v) is 13.2. The summed E-state index contributed by atoms with van der Waals surface area (Å²) >= 11 is 6.07. The Morgan fingerprint density at radius 1 is 1.36 bits per heavy atom. The van der Waals surface area contributed by atoms with Crippen molar-refractivity contribution in [3.8, 4) is 0 Å². The summed E-state index contributed by atoms with van der Waals surface area (Å²) in [5, 5.41) is 17.8. The molecule has 22 heavy (non-hydrogen) atoms. The van der Waals surface area contributed by atoms with Gasteiger partial charge in [-0.25, -0.2) is 4.79 Å². The fourth-order valence-corrected chi connectivity index (χ4v) is 2.20. The molecule has 2 heterocycles. The molecule has 118 valence electrons. The van der Waals surface area contributed by atoms with E-state index in [2.05, 4.69) is 10.2 Å². The van der Waals surface area contributed by atoms with Gasteiger partial charge in [0, 0.05) is 33.0 Å². The van der Waals surface area contributed by atoms with Crippen LogP contribution >= 0.6 is 11.6 Å². The van der Waals surface area contributed by atoms with Crippen molar-refractivity contribution < 1.29 is 14.7 Å². The van der Waals surface area contributed by atoms with Crippen LogP contribution in [-0.2, 0) is 20.1 Å². The van der Waals surface area contributed by atoms with Crippen molar-refractivity contribution in [2.75, 3.05) is 7.05 Å². The SMILES string of the molecule is CCn1cc(Cl)c(CN(C)C(=O)c2nn(C)cc2C(=O)O)n1. The van der Waals surface area contributed by atoms with Gasteiger partial charge < -0.3 is 10.0 Å². The highest BCUT2D eigenvalue weighted by molar-refractivity contribution is 6.31. The third-order valence-electron chi connectivity index (χ3n) is 3.11. The highest BCUT2D eigenvalue weighted by Crippen LogP contribution is 2.17. The van der Waals surface area contributed by atoms with Crippen molar-refractivity contribution in [2.45, 2.75) is 20.0 Å². The van der Waals surface area contributed by atoms with Crippen molar-refractivity contribution >= 4 is 23.5 Å². The largest absolute Gasteiger partial charge is 0.478 e. The van der Waals surface area contributed by atoms with Crippen LogP contribution < -0.4 is 0 Å². The van der Waals surface area contributed by atoms with Crippen molar-refractivity contribution in [1.29, 1.82) is 0 Å². The topological polar surface area (TPSA) is 93.2 Å². The van der Waals surface area contributed by atoms with Crippen LogP contribution in [0, 0.1) is 0 Å². The molecule has 0 unspecified atom stereocenters. The molecule has 0 radical (unpaired) electrons. The fraction of sp³-hybridized carbons (Fsp3) is 0.385. The van der Waals surface area contributed by atoms with E-state index in [4.69, 9.17) is 16.7 Å². The minimum atomic E-state index is -1.20. The molecule has 1 N–H and O–H groups in total. The van der Waals surface area contributed by atoms with Gasteiger partial charge in [-0.3, -0.25) is 14.2 Å². The van der Waals surface area contributed by atoms with Crippen LogP contribution in [-0.4, -0.2) is 48.5 Å². The van der Waals surface area contributed by atoms with E-state index in [0.29, 0.717) is 17.3 Å². The number of aryl methyl sites for hydroxylation is 2. The highest BCUT2D eigenvalue weighted by atomic mass is 35.5. The Kier molecular flexibility index (Phi) is 4.51. The van der Waals surface area contributed by atoms with Crippen LogP contribution in [0.2, 0.25) is 5.02 Å². The predicted molar refractivity (Wildman–Crippen MR) is 78.9 cm³/mol. The number of hydrogen-bond acceptors (Lipinski definition) is 4. The van der Waals surface area contributed by atoms with Crippen LogP contribution in [0.4, 0.5) is 0 Å². The summed E-state index contributed by atoms with van der Waals surface area (Å²) in [6.07, 6.45) is 2.97. The Bertz CT molecular complexity index is 721. The lowest BCUT2D eigenvalue weighted by atomic mass is 10.2. The maximum atomic E-state index is 12.4. The van der Waals surface area contributed by atoms with Gasteiger partial charge in [0.2, 0.25) is 0 Å². The minimum absolute atomic E-state index is 0.108. The van der Waals surface area contributed by atoms with E-state index in [0.717, 1.165) is 0 Å². The van der Waals surface area contributed by atoms with E-state index in [9.17, 15) is 9.59 Å². The number of aromatic nitrogens is 4. The third-order valence-corrected chi connectivity index (χ3v) is 3.42. The minimum Gasteiger partial charge on any atom is -0.478 e. The number of carbonyl (C=O) groups is 2. The standard InChI is InChI=1S/C13H16ClN5O3/c1-4-19-6-9(14)10(15-19)7-17(2)12(20)11-8(13(21)22)5-18(3)16-11/h5-6H,4,7H2,1-3H3,(H,21,22). The summed E-state index contributed by atoms with van der Waals surface area (Å²) in [5.74, 6) is -1.70. The zero-order chi connectivity index (χ0) is 16.4. The number of hydrogen-bond donors (Lipinski definition) is 1. The second-order valence-corrected chi connectivity index (χ2v) is 5.22. The molecule has 0 aliphatic rings. The number of carboxylic acid groups (broad SMARTS) is 1. The lowest BCUT2D eigenvalue weighted by Gasteiger charge is -2.15. The average molecular weight is 326 g/mol. The molecule has 8 nitrogen and oxygen atoms in total. The van der Waals surface area contributed by atoms with Crippen molar-refractivity contribution in [2.24, 2.45) is 7.05 Å². The quantitative estimate of drug-likeness (QED) is 0.893. The zero-order valence-electron chi connectivity index (χ0n) is 12.4. The lowest BCUT2D eigenvalue weighted by molar-refractivity contribution is 0.0679. The molecular formula is C13H16ClN5O3. The first-order chi connectivity index (χ1) is 10.3. The highest BCUT2D eigenvalue weighted by Gasteiger charge is 2.24. The number of nitrogens with zero attached hydrogens (tertiary/aromatic N) is 5. The molecule has 0 atom stereocenters. The van der Waals surface area contributed by atoms with Gasteiger partial charge in [0.05, 0.1) is 11.6 Å². The Morgan fingerprint density at radius 3 is 2.59 bits per heavy atom. The van der Waals surface area contributed by atoms with Crippen LogP contribution in [0.5, 0.6) is 0 Å². The number of rotatable bonds is 5. The summed E-state index contributed by atoms with van der Waals surface area (Å²) in [6.45, 7) is 2.76. The van der Waals surface area contributed by atoms with E-state index >= 15 is 0 Å². The summed E-state index contributed by atoms with van der Waals surface area (Å²) < 4.78 is 2.96. The second kappa shape index (κ2) is 6.18. The molecule has 0 aromatic carbocycles. The normalized spacial score (nSPS) is 10.7. The van der Waals surface area contributed by atoms with E-state index in [1.165, 1.54) is 15.8 Å². The summed E-state index contributed by atoms with van der Waals surface area (Å²) in [4.78, 5) is 24.9. The van der Waals surface area contributed by atoms with E-state index < -0.39 is 11.9 Å². The van der Waals surface area contributed by atoms with Gasteiger partial charge >= 0.3 is 5.97 Å². The summed E-state index contributed by atoms with van der Waals surface area (Å²) in [6, 6.07) is 0. The van der Waals surface area contributed by atoms with Gasteiger partial charge in [-0.15, -0.1) is 0 Å². The second-order valence-electron chi connectivity index (χ2n) is 4.81. The number of carbonyl (C=O) groups excluding carboxylic acids is 1. The Balaban J connectivity index is 2.22. The Morgan fingerprint density at radius 2 is 2.05 bits per heavy atom.